The average Bonchev–Trinajstić information content (AvgIpc) is 2.31. The molecule has 0 radical (unpaired) electrons. The molecule has 2 unspecified atom stereocenters. The number of ether oxygens (including phenoxy) is 1. The molecule has 1 N–H and O–H groups in total. The molecule has 0 spiro atoms. The lowest BCUT2D eigenvalue weighted by atomic mass is 10.0. The zero-order valence-corrected chi connectivity index (χ0v) is 10.7. The van der Waals surface area contributed by atoms with E-state index in [0.717, 1.165) is 18.9 Å². The maximum absolute atomic E-state index is 12.5. The molecule has 5 heteroatoms. The second-order valence-corrected chi connectivity index (χ2v) is 4.09. The summed E-state index contributed by atoms with van der Waals surface area (Å²) in [5.74, 6) is 0.281. The van der Waals surface area contributed by atoms with Gasteiger partial charge in [0.1, 0.15) is 5.75 Å². The van der Waals surface area contributed by atoms with Gasteiger partial charge in [-0.15, -0.1) is 0 Å². The van der Waals surface area contributed by atoms with Gasteiger partial charge < -0.3 is 10.1 Å². The van der Waals surface area contributed by atoms with Crippen LogP contribution in [0.3, 0.4) is 0 Å². The normalized spacial score (nSPS) is 15.2. The van der Waals surface area contributed by atoms with Crippen molar-refractivity contribution in [2.24, 2.45) is 0 Å². The topological polar surface area (TPSA) is 21.3 Å². The van der Waals surface area contributed by atoms with Gasteiger partial charge in [0.15, 0.2) is 6.10 Å². The van der Waals surface area contributed by atoms with Gasteiger partial charge >= 0.3 is 6.18 Å². The van der Waals surface area contributed by atoms with Crippen LogP contribution >= 0.6 is 0 Å². The van der Waals surface area contributed by atoms with E-state index in [4.69, 9.17) is 4.74 Å². The molecular formula is C13H18F3NO. The Morgan fingerprint density at radius 1 is 1.28 bits per heavy atom. The highest BCUT2D eigenvalue weighted by atomic mass is 19.4. The fourth-order valence-electron chi connectivity index (χ4n) is 1.71. The molecule has 0 amide bonds. The van der Waals surface area contributed by atoms with Crippen molar-refractivity contribution in [3.63, 3.8) is 0 Å². The Morgan fingerprint density at radius 3 is 2.39 bits per heavy atom. The third kappa shape index (κ3) is 3.63. The van der Waals surface area contributed by atoms with E-state index < -0.39 is 12.3 Å². The first-order valence-electron chi connectivity index (χ1n) is 5.89. The Morgan fingerprint density at radius 2 is 1.89 bits per heavy atom. The summed E-state index contributed by atoms with van der Waals surface area (Å²) in [6.07, 6.45) is -5.39. The summed E-state index contributed by atoms with van der Waals surface area (Å²) in [5, 5.41) is 3.06. The van der Waals surface area contributed by atoms with E-state index in [2.05, 4.69) is 5.32 Å². The molecule has 2 atom stereocenters. The monoisotopic (exact) mass is 261 g/mol. The van der Waals surface area contributed by atoms with Gasteiger partial charge in [-0.1, -0.05) is 25.1 Å². The molecule has 102 valence electrons. The largest absolute Gasteiger partial charge is 0.481 e. The van der Waals surface area contributed by atoms with Crippen molar-refractivity contribution in [3.8, 4) is 5.75 Å². The first-order valence-corrected chi connectivity index (χ1v) is 5.89. The average molecular weight is 261 g/mol. The number of alkyl halides is 3. The summed E-state index contributed by atoms with van der Waals surface area (Å²) in [7, 11) is 1.78. The smallest absolute Gasteiger partial charge is 0.425 e. The molecule has 18 heavy (non-hydrogen) atoms. The Hall–Kier alpha value is -1.23. The van der Waals surface area contributed by atoms with Crippen molar-refractivity contribution in [1.82, 2.24) is 5.32 Å². The quantitative estimate of drug-likeness (QED) is 0.872. The maximum atomic E-state index is 12.5. The molecule has 1 rings (SSSR count). The lowest BCUT2D eigenvalue weighted by Crippen LogP contribution is -2.31. The van der Waals surface area contributed by atoms with Crippen molar-refractivity contribution in [2.45, 2.75) is 38.6 Å². The molecule has 0 fully saturated rings. The van der Waals surface area contributed by atoms with Gasteiger partial charge in [0.05, 0.1) is 0 Å². The molecule has 1 aromatic carbocycles. The number of rotatable bonds is 5. The van der Waals surface area contributed by atoms with E-state index >= 15 is 0 Å². The first-order chi connectivity index (χ1) is 8.40. The van der Waals surface area contributed by atoms with Crippen LogP contribution in [-0.2, 0) is 0 Å². The molecule has 0 saturated carbocycles. The van der Waals surface area contributed by atoms with Crippen LogP contribution in [-0.4, -0.2) is 19.3 Å². The van der Waals surface area contributed by atoms with Crippen molar-refractivity contribution in [1.29, 1.82) is 0 Å². The van der Waals surface area contributed by atoms with Gasteiger partial charge in [0, 0.05) is 11.6 Å². The fourth-order valence-corrected chi connectivity index (χ4v) is 1.71. The van der Waals surface area contributed by atoms with Gasteiger partial charge in [-0.2, -0.15) is 13.2 Å². The molecular weight excluding hydrogens is 243 g/mol. The van der Waals surface area contributed by atoms with E-state index in [0.29, 0.717) is 0 Å². The summed E-state index contributed by atoms with van der Waals surface area (Å²) < 4.78 is 42.5. The van der Waals surface area contributed by atoms with Gasteiger partial charge in [0.2, 0.25) is 0 Å². The van der Waals surface area contributed by atoms with Crippen LogP contribution in [0.2, 0.25) is 0 Å². The Kier molecular flexibility index (Phi) is 5.02. The molecule has 2 nitrogen and oxygen atoms in total. The van der Waals surface area contributed by atoms with Crippen LogP contribution in [0, 0.1) is 0 Å². The molecule has 0 aliphatic heterocycles. The zero-order chi connectivity index (χ0) is 13.8. The summed E-state index contributed by atoms with van der Waals surface area (Å²) in [6, 6.07) is 6.80. The molecule has 0 heterocycles. The molecule has 0 saturated heterocycles. The summed E-state index contributed by atoms with van der Waals surface area (Å²) >= 11 is 0. The number of benzene rings is 1. The third-order valence-corrected chi connectivity index (χ3v) is 2.82. The minimum atomic E-state index is -4.35. The van der Waals surface area contributed by atoms with Crippen molar-refractivity contribution < 1.29 is 17.9 Å². The Bertz CT molecular complexity index is 375. The maximum Gasteiger partial charge on any atom is 0.425 e. The van der Waals surface area contributed by atoms with Gasteiger partial charge in [-0.3, -0.25) is 0 Å². The third-order valence-electron chi connectivity index (χ3n) is 2.82. The lowest BCUT2D eigenvalue weighted by Gasteiger charge is -2.22. The van der Waals surface area contributed by atoms with E-state index in [-0.39, 0.29) is 11.8 Å². The standard InChI is InChI=1S/C13H18F3NO/c1-4-11(17-3)10-7-5-6-8-12(10)18-9(2)13(14,15)16/h5-9,11,17H,4H2,1-3H3. The minimum Gasteiger partial charge on any atom is -0.481 e. The molecule has 0 bridgehead atoms. The summed E-state index contributed by atoms with van der Waals surface area (Å²) in [6.45, 7) is 2.97. The van der Waals surface area contributed by atoms with Crippen LogP contribution in [0.15, 0.2) is 24.3 Å². The highest BCUT2D eigenvalue weighted by molar-refractivity contribution is 5.36. The number of halogens is 3. The first kappa shape index (κ1) is 14.8. The van der Waals surface area contributed by atoms with E-state index in [9.17, 15) is 13.2 Å². The van der Waals surface area contributed by atoms with Crippen molar-refractivity contribution in [3.05, 3.63) is 29.8 Å². The van der Waals surface area contributed by atoms with Gasteiger partial charge in [-0.05, 0) is 26.5 Å². The predicted octanol–water partition coefficient (Wildman–Crippen LogP) is 3.69. The van der Waals surface area contributed by atoms with Crippen LogP contribution in [0.1, 0.15) is 31.9 Å². The highest BCUT2D eigenvalue weighted by Crippen LogP contribution is 2.31. The van der Waals surface area contributed by atoms with Gasteiger partial charge in [-0.25, -0.2) is 0 Å². The number of para-hydroxylation sites is 1. The number of hydrogen-bond donors (Lipinski definition) is 1. The van der Waals surface area contributed by atoms with E-state index in [1.54, 1.807) is 31.3 Å². The van der Waals surface area contributed by atoms with E-state index in [1.807, 2.05) is 6.92 Å². The molecule has 0 aliphatic rings. The molecule has 0 aliphatic carbocycles. The molecule has 0 aromatic heterocycles. The van der Waals surface area contributed by atoms with Crippen LogP contribution < -0.4 is 10.1 Å². The second kappa shape index (κ2) is 6.09. The van der Waals surface area contributed by atoms with Crippen LogP contribution in [0.25, 0.3) is 0 Å². The zero-order valence-electron chi connectivity index (χ0n) is 10.7. The van der Waals surface area contributed by atoms with E-state index in [1.165, 1.54) is 0 Å². The number of hydrogen-bond acceptors (Lipinski definition) is 2. The van der Waals surface area contributed by atoms with Crippen molar-refractivity contribution in [2.75, 3.05) is 7.05 Å². The number of nitrogens with one attached hydrogen (secondary N) is 1. The lowest BCUT2D eigenvalue weighted by molar-refractivity contribution is -0.189. The SMILES string of the molecule is CCC(NC)c1ccccc1OC(C)C(F)(F)F. The fraction of sp³-hybridized carbons (Fsp3) is 0.538. The van der Waals surface area contributed by atoms with Crippen LogP contribution in [0.5, 0.6) is 5.75 Å². The van der Waals surface area contributed by atoms with Crippen LogP contribution in [0.4, 0.5) is 13.2 Å². The Balaban J connectivity index is 2.95. The van der Waals surface area contributed by atoms with Crippen molar-refractivity contribution >= 4 is 0 Å². The summed E-state index contributed by atoms with van der Waals surface area (Å²) in [5.41, 5.74) is 0.749. The predicted molar refractivity (Wildman–Crippen MR) is 64.7 cm³/mol. The second-order valence-electron chi connectivity index (χ2n) is 4.09. The highest BCUT2D eigenvalue weighted by Gasteiger charge is 2.38. The minimum absolute atomic E-state index is 0.0124. The van der Waals surface area contributed by atoms with Gasteiger partial charge in [0.25, 0.3) is 0 Å². The molecule has 1 aromatic rings. The Labute approximate surface area is 105 Å². The summed E-state index contributed by atoms with van der Waals surface area (Å²) in [4.78, 5) is 0.